The first kappa shape index (κ1) is 14.8. The van der Waals surface area contributed by atoms with Gasteiger partial charge in [-0.25, -0.2) is 0 Å². The van der Waals surface area contributed by atoms with E-state index >= 15 is 0 Å². The summed E-state index contributed by atoms with van der Waals surface area (Å²) in [4.78, 5) is 0.426. The molecule has 0 bridgehead atoms. The van der Waals surface area contributed by atoms with Gasteiger partial charge in [-0.15, -0.1) is 0 Å². The second-order valence-electron chi connectivity index (χ2n) is 4.78. The van der Waals surface area contributed by atoms with E-state index in [9.17, 15) is 0 Å². The van der Waals surface area contributed by atoms with Gasteiger partial charge in [0.2, 0.25) is 0 Å². The van der Waals surface area contributed by atoms with Gasteiger partial charge in [-0.2, -0.15) is 0 Å². The van der Waals surface area contributed by atoms with Crippen LogP contribution in [0.3, 0.4) is 0 Å². The third-order valence-corrected chi connectivity index (χ3v) is 3.38. The molecule has 20 heavy (non-hydrogen) atoms. The Balaban J connectivity index is 2.35. The highest BCUT2D eigenvalue weighted by atomic mass is 32.1. The van der Waals surface area contributed by atoms with Crippen molar-refractivity contribution in [1.29, 1.82) is 0 Å². The average Bonchev–Trinajstić information content (AvgIpc) is 2.45. The molecule has 0 aromatic heterocycles. The third kappa shape index (κ3) is 3.26. The predicted octanol–water partition coefficient (Wildman–Crippen LogP) is 3.31. The Bertz CT molecular complexity index is 612. The molecule has 0 saturated heterocycles. The van der Waals surface area contributed by atoms with Gasteiger partial charge < -0.3 is 15.8 Å². The quantitative estimate of drug-likeness (QED) is 0.801. The molecular formula is C16H20N2OS. The van der Waals surface area contributed by atoms with Gasteiger partial charge in [-0.3, -0.25) is 0 Å². The summed E-state index contributed by atoms with van der Waals surface area (Å²) >= 11 is 5.12. The summed E-state index contributed by atoms with van der Waals surface area (Å²) in [7, 11) is 0. The number of hydrogen-bond acceptors (Lipinski definition) is 3. The smallest absolute Gasteiger partial charge is 0.104 e. The Labute approximate surface area is 125 Å². The minimum Gasteiger partial charge on any atom is -0.389 e. The number of hydrogen-bond donors (Lipinski definition) is 2. The van der Waals surface area contributed by atoms with E-state index in [0.29, 0.717) is 11.6 Å². The number of rotatable bonds is 6. The van der Waals surface area contributed by atoms with Crippen molar-refractivity contribution in [2.24, 2.45) is 5.73 Å². The van der Waals surface area contributed by atoms with Crippen molar-refractivity contribution < 1.29 is 4.74 Å². The molecule has 3 nitrogen and oxygen atoms in total. The minimum absolute atomic E-state index is 0.244. The fourth-order valence-electron chi connectivity index (χ4n) is 2.24. The van der Waals surface area contributed by atoms with Gasteiger partial charge in [0.15, 0.2) is 0 Å². The molecule has 0 aliphatic carbocycles. The van der Waals surface area contributed by atoms with E-state index in [1.165, 1.54) is 0 Å². The zero-order valence-electron chi connectivity index (χ0n) is 11.8. The topological polar surface area (TPSA) is 47.3 Å². The maximum absolute atomic E-state index is 5.79. The molecule has 106 valence electrons. The number of ether oxygens (including phenoxy) is 1. The van der Waals surface area contributed by atoms with Gasteiger partial charge in [0.1, 0.15) is 4.99 Å². The largest absolute Gasteiger partial charge is 0.389 e. The Kier molecular flexibility index (Phi) is 4.93. The predicted molar refractivity (Wildman–Crippen MR) is 89.4 cm³/mol. The number of nitrogens with two attached hydrogens (primary N) is 1. The van der Waals surface area contributed by atoms with Crippen LogP contribution in [-0.4, -0.2) is 24.2 Å². The molecule has 2 aromatic rings. The van der Waals surface area contributed by atoms with Crippen LogP contribution in [0.15, 0.2) is 36.4 Å². The summed E-state index contributed by atoms with van der Waals surface area (Å²) in [6.07, 6.45) is 0. The molecule has 1 atom stereocenters. The standard InChI is InChI=1S/C16H20N2OS/c1-3-19-10-11(2)18-15-9-8-14(16(17)20)12-6-4-5-7-13(12)15/h4-9,11,18H,3,10H2,1-2H3,(H2,17,20). The van der Waals surface area contributed by atoms with E-state index in [1.807, 2.05) is 37.3 Å². The van der Waals surface area contributed by atoms with Crippen LogP contribution in [-0.2, 0) is 4.74 Å². The van der Waals surface area contributed by atoms with E-state index in [0.717, 1.165) is 28.6 Å². The number of benzene rings is 2. The SMILES string of the molecule is CCOCC(C)Nc1ccc(C(N)=S)c2ccccc12. The number of anilines is 1. The molecule has 0 amide bonds. The number of thiocarbonyl (C=S) groups is 1. The zero-order valence-corrected chi connectivity index (χ0v) is 12.7. The molecule has 4 heteroatoms. The molecule has 0 spiro atoms. The van der Waals surface area contributed by atoms with Crippen molar-refractivity contribution in [3.05, 3.63) is 42.0 Å². The molecule has 1 unspecified atom stereocenters. The van der Waals surface area contributed by atoms with Crippen LogP contribution in [0, 0.1) is 0 Å². The maximum Gasteiger partial charge on any atom is 0.104 e. The normalized spacial score (nSPS) is 12.3. The third-order valence-electron chi connectivity index (χ3n) is 3.16. The van der Waals surface area contributed by atoms with E-state index in [-0.39, 0.29) is 6.04 Å². The summed E-state index contributed by atoms with van der Waals surface area (Å²) < 4.78 is 5.44. The molecule has 2 aromatic carbocycles. The lowest BCUT2D eigenvalue weighted by molar-refractivity contribution is 0.141. The van der Waals surface area contributed by atoms with E-state index in [1.54, 1.807) is 0 Å². The molecule has 0 radical (unpaired) electrons. The van der Waals surface area contributed by atoms with E-state index in [4.69, 9.17) is 22.7 Å². The lowest BCUT2D eigenvalue weighted by Gasteiger charge is -2.18. The van der Waals surface area contributed by atoms with Crippen LogP contribution in [0.25, 0.3) is 10.8 Å². The highest BCUT2D eigenvalue weighted by Crippen LogP contribution is 2.27. The van der Waals surface area contributed by atoms with Gasteiger partial charge in [0, 0.05) is 29.3 Å². The summed E-state index contributed by atoms with van der Waals surface area (Å²) in [6, 6.07) is 12.4. The van der Waals surface area contributed by atoms with Gasteiger partial charge in [-0.05, 0) is 31.4 Å². The Morgan fingerprint density at radius 1 is 1.25 bits per heavy atom. The summed E-state index contributed by atoms with van der Waals surface area (Å²) in [5.74, 6) is 0. The zero-order chi connectivity index (χ0) is 14.5. The van der Waals surface area contributed by atoms with Gasteiger partial charge >= 0.3 is 0 Å². The van der Waals surface area contributed by atoms with Crippen LogP contribution in [0.2, 0.25) is 0 Å². The Morgan fingerprint density at radius 3 is 2.60 bits per heavy atom. The van der Waals surface area contributed by atoms with Crippen molar-refractivity contribution in [1.82, 2.24) is 0 Å². The molecule has 0 fully saturated rings. The average molecular weight is 288 g/mol. The second kappa shape index (κ2) is 6.68. The first-order chi connectivity index (χ1) is 9.63. The van der Waals surface area contributed by atoms with Crippen molar-refractivity contribution in [3.63, 3.8) is 0 Å². The molecular weight excluding hydrogens is 268 g/mol. The van der Waals surface area contributed by atoms with Crippen LogP contribution in [0.1, 0.15) is 19.4 Å². The fraction of sp³-hybridized carbons (Fsp3) is 0.312. The van der Waals surface area contributed by atoms with Crippen LogP contribution < -0.4 is 11.1 Å². The first-order valence-corrected chi connectivity index (χ1v) is 7.20. The summed E-state index contributed by atoms with van der Waals surface area (Å²) in [5, 5.41) is 5.68. The van der Waals surface area contributed by atoms with Crippen molar-refractivity contribution in [2.45, 2.75) is 19.9 Å². The number of nitrogens with one attached hydrogen (secondary N) is 1. The summed E-state index contributed by atoms with van der Waals surface area (Å²) in [6.45, 7) is 5.51. The highest BCUT2D eigenvalue weighted by Gasteiger charge is 2.09. The van der Waals surface area contributed by atoms with Crippen LogP contribution in [0.5, 0.6) is 0 Å². The maximum atomic E-state index is 5.79. The monoisotopic (exact) mass is 288 g/mol. The second-order valence-corrected chi connectivity index (χ2v) is 5.22. The van der Waals surface area contributed by atoms with Crippen molar-refractivity contribution >= 4 is 33.7 Å². The van der Waals surface area contributed by atoms with E-state index < -0.39 is 0 Å². The highest BCUT2D eigenvalue weighted by molar-refractivity contribution is 7.80. The molecule has 0 saturated carbocycles. The Morgan fingerprint density at radius 2 is 1.95 bits per heavy atom. The van der Waals surface area contributed by atoms with Crippen LogP contribution in [0.4, 0.5) is 5.69 Å². The molecule has 0 heterocycles. The lowest BCUT2D eigenvalue weighted by Crippen LogP contribution is -2.22. The molecule has 2 rings (SSSR count). The molecule has 3 N–H and O–H groups in total. The van der Waals surface area contributed by atoms with Gasteiger partial charge in [0.05, 0.1) is 6.61 Å². The Hall–Kier alpha value is -1.65. The van der Waals surface area contributed by atoms with Crippen molar-refractivity contribution in [3.8, 4) is 0 Å². The molecule has 0 aliphatic heterocycles. The lowest BCUT2D eigenvalue weighted by atomic mass is 10.0. The first-order valence-electron chi connectivity index (χ1n) is 6.79. The van der Waals surface area contributed by atoms with Crippen molar-refractivity contribution in [2.75, 3.05) is 18.5 Å². The van der Waals surface area contributed by atoms with Gasteiger partial charge in [0.25, 0.3) is 0 Å². The fourth-order valence-corrected chi connectivity index (χ4v) is 2.42. The van der Waals surface area contributed by atoms with Crippen LogP contribution >= 0.6 is 12.2 Å². The molecule has 0 aliphatic rings. The van der Waals surface area contributed by atoms with Gasteiger partial charge in [-0.1, -0.05) is 36.5 Å². The van der Waals surface area contributed by atoms with E-state index in [2.05, 4.69) is 18.3 Å². The minimum atomic E-state index is 0.244. The summed E-state index contributed by atoms with van der Waals surface area (Å²) in [5.41, 5.74) is 7.78. The number of fused-ring (bicyclic) bond motifs is 1.